The average molecular weight is 250 g/mol. The molecule has 0 amide bonds. The fraction of sp³-hybridized carbons (Fsp3) is 0.786. The Morgan fingerprint density at radius 3 is 2.89 bits per heavy atom. The second kappa shape index (κ2) is 5.85. The molecule has 2 rings (SSSR count). The molecule has 1 N–H and O–H groups in total. The molecule has 0 spiro atoms. The maximum Gasteiger partial charge on any atom is 0.0537 e. The number of aryl methyl sites for hydroxylation is 1. The van der Waals surface area contributed by atoms with E-state index in [1.165, 1.54) is 37.2 Å². The molecule has 2 heterocycles. The van der Waals surface area contributed by atoms with Gasteiger partial charge in [0.1, 0.15) is 0 Å². The third-order valence-electron chi connectivity index (χ3n) is 4.32. The van der Waals surface area contributed by atoms with E-state index < -0.39 is 0 Å². The highest BCUT2D eigenvalue weighted by Crippen LogP contribution is 2.19. The van der Waals surface area contributed by atoms with Crippen LogP contribution in [-0.2, 0) is 13.6 Å². The molecule has 1 fully saturated rings. The Morgan fingerprint density at radius 1 is 1.50 bits per heavy atom. The van der Waals surface area contributed by atoms with Crippen LogP contribution in [0.3, 0.4) is 0 Å². The standard InChI is InChI=1S/C14H26N4/c1-11(13-6-5-7-17(3)10-13)15-8-14-9-16-18(4)12(14)2/h9,11,13,15H,5-8,10H2,1-4H3. The zero-order valence-corrected chi connectivity index (χ0v) is 12.1. The summed E-state index contributed by atoms with van der Waals surface area (Å²) in [5, 5.41) is 7.95. The molecule has 1 aromatic heterocycles. The van der Waals surface area contributed by atoms with Gasteiger partial charge >= 0.3 is 0 Å². The second-order valence-electron chi connectivity index (χ2n) is 5.71. The van der Waals surface area contributed by atoms with Gasteiger partial charge in [-0.2, -0.15) is 5.10 Å². The number of nitrogens with zero attached hydrogens (tertiary/aromatic N) is 3. The van der Waals surface area contributed by atoms with Gasteiger partial charge in [-0.15, -0.1) is 0 Å². The topological polar surface area (TPSA) is 33.1 Å². The van der Waals surface area contributed by atoms with Gasteiger partial charge in [0.25, 0.3) is 0 Å². The largest absolute Gasteiger partial charge is 0.310 e. The minimum absolute atomic E-state index is 0.576. The number of piperidine rings is 1. The van der Waals surface area contributed by atoms with Crippen LogP contribution in [0.4, 0.5) is 0 Å². The molecule has 102 valence electrons. The number of hydrogen-bond donors (Lipinski definition) is 1. The van der Waals surface area contributed by atoms with Gasteiger partial charge in [0.15, 0.2) is 0 Å². The Labute approximate surface area is 110 Å². The number of aromatic nitrogens is 2. The number of likely N-dealkylation sites (tertiary alicyclic amines) is 1. The van der Waals surface area contributed by atoms with E-state index in [1.54, 1.807) is 0 Å². The average Bonchev–Trinajstić information content (AvgIpc) is 2.67. The van der Waals surface area contributed by atoms with Crippen LogP contribution in [-0.4, -0.2) is 40.9 Å². The zero-order valence-electron chi connectivity index (χ0n) is 12.1. The molecular weight excluding hydrogens is 224 g/mol. The lowest BCUT2D eigenvalue weighted by molar-refractivity contribution is 0.178. The first kappa shape index (κ1) is 13.6. The highest BCUT2D eigenvalue weighted by Gasteiger charge is 2.22. The minimum atomic E-state index is 0.576. The van der Waals surface area contributed by atoms with Gasteiger partial charge in [0, 0.05) is 37.4 Å². The van der Waals surface area contributed by atoms with Crippen LogP contribution < -0.4 is 5.32 Å². The van der Waals surface area contributed by atoms with Crippen molar-refractivity contribution in [2.24, 2.45) is 13.0 Å². The Hall–Kier alpha value is -0.870. The Kier molecular flexibility index (Phi) is 4.40. The summed E-state index contributed by atoms with van der Waals surface area (Å²) in [7, 11) is 4.22. The molecule has 0 radical (unpaired) electrons. The first-order valence-corrected chi connectivity index (χ1v) is 6.97. The lowest BCUT2D eigenvalue weighted by Gasteiger charge is -2.34. The predicted molar refractivity (Wildman–Crippen MR) is 74.5 cm³/mol. The lowest BCUT2D eigenvalue weighted by Crippen LogP contribution is -2.42. The van der Waals surface area contributed by atoms with E-state index >= 15 is 0 Å². The molecule has 18 heavy (non-hydrogen) atoms. The molecular formula is C14H26N4. The van der Waals surface area contributed by atoms with Crippen LogP contribution in [0.25, 0.3) is 0 Å². The summed E-state index contributed by atoms with van der Waals surface area (Å²) in [5.74, 6) is 0.778. The van der Waals surface area contributed by atoms with Crippen LogP contribution in [0.1, 0.15) is 31.0 Å². The van der Waals surface area contributed by atoms with E-state index in [0.717, 1.165) is 12.5 Å². The number of hydrogen-bond acceptors (Lipinski definition) is 3. The third kappa shape index (κ3) is 3.12. The maximum absolute atomic E-state index is 4.29. The molecule has 1 aliphatic heterocycles. The van der Waals surface area contributed by atoms with Crippen LogP contribution in [0.15, 0.2) is 6.20 Å². The predicted octanol–water partition coefficient (Wildman–Crippen LogP) is 1.55. The monoisotopic (exact) mass is 250 g/mol. The summed E-state index contributed by atoms with van der Waals surface area (Å²) in [6.45, 7) is 7.85. The third-order valence-corrected chi connectivity index (χ3v) is 4.32. The van der Waals surface area contributed by atoms with Gasteiger partial charge in [-0.1, -0.05) is 0 Å². The zero-order chi connectivity index (χ0) is 13.1. The van der Waals surface area contributed by atoms with Gasteiger partial charge < -0.3 is 10.2 Å². The highest BCUT2D eigenvalue weighted by atomic mass is 15.3. The summed E-state index contributed by atoms with van der Waals surface area (Å²) in [6.07, 6.45) is 4.66. The van der Waals surface area contributed by atoms with Crippen molar-refractivity contribution < 1.29 is 0 Å². The van der Waals surface area contributed by atoms with Crippen LogP contribution in [0.5, 0.6) is 0 Å². The Bertz CT molecular complexity index is 385. The molecule has 0 aliphatic carbocycles. The number of rotatable bonds is 4. The van der Waals surface area contributed by atoms with Crippen molar-refractivity contribution >= 4 is 0 Å². The lowest BCUT2D eigenvalue weighted by atomic mass is 9.92. The van der Waals surface area contributed by atoms with Gasteiger partial charge in [-0.25, -0.2) is 0 Å². The normalized spacial score (nSPS) is 23.2. The maximum atomic E-state index is 4.29. The van der Waals surface area contributed by atoms with Gasteiger partial charge in [0.2, 0.25) is 0 Å². The molecule has 4 heteroatoms. The molecule has 1 aliphatic rings. The van der Waals surface area contributed by atoms with E-state index in [9.17, 15) is 0 Å². The minimum Gasteiger partial charge on any atom is -0.310 e. The SMILES string of the molecule is Cc1c(CNC(C)C2CCCN(C)C2)cnn1C. The second-order valence-corrected chi connectivity index (χ2v) is 5.71. The van der Waals surface area contributed by atoms with Crippen LogP contribution >= 0.6 is 0 Å². The van der Waals surface area contributed by atoms with Crippen molar-refractivity contribution in [3.05, 3.63) is 17.5 Å². The highest BCUT2D eigenvalue weighted by molar-refractivity contribution is 5.15. The summed E-state index contributed by atoms with van der Waals surface area (Å²) >= 11 is 0. The van der Waals surface area contributed by atoms with Crippen molar-refractivity contribution in [3.63, 3.8) is 0 Å². The first-order valence-electron chi connectivity index (χ1n) is 6.97. The molecule has 2 unspecified atom stereocenters. The van der Waals surface area contributed by atoms with Crippen molar-refractivity contribution in [2.75, 3.05) is 20.1 Å². The fourth-order valence-electron chi connectivity index (χ4n) is 2.77. The molecule has 1 saturated heterocycles. The van der Waals surface area contributed by atoms with Gasteiger partial charge in [0.05, 0.1) is 6.20 Å². The molecule has 0 saturated carbocycles. The number of nitrogens with one attached hydrogen (secondary N) is 1. The van der Waals surface area contributed by atoms with Gasteiger partial charge in [-0.3, -0.25) is 4.68 Å². The summed E-state index contributed by atoms with van der Waals surface area (Å²) in [4.78, 5) is 2.45. The molecule has 2 atom stereocenters. The van der Waals surface area contributed by atoms with E-state index in [2.05, 4.69) is 36.2 Å². The smallest absolute Gasteiger partial charge is 0.0537 e. The van der Waals surface area contributed by atoms with Crippen molar-refractivity contribution in [1.82, 2.24) is 20.0 Å². The van der Waals surface area contributed by atoms with Crippen LogP contribution in [0, 0.1) is 12.8 Å². The van der Waals surface area contributed by atoms with Crippen molar-refractivity contribution in [3.8, 4) is 0 Å². The summed E-state index contributed by atoms with van der Waals surface area (Å²) in [6, 6.07) is 0.576. The van der Waals surface area contributed by atoms with E-state index in [-0.39, 0.29) is 0 Å². The molecule has 1 aromatic rings. The Balaban J connectivity index is 1.84. The van der Waals surface area contributed by atoms with Gasteiger partial charge in [-0.05, 0) is 46.2 Å². The molecule has 0 aromatic carbocycles. The molecule has 0 bridgehead atoms. The van der Waals surface area contributed by atoms with Crippen LogP contribution in [0.2, 0.25) is 0 Å². The van der Waals surface area contributed by atoms with Crippen molar-refractivity contribution in [2.45, 2.75) is 39.3 Å². The Morgan fingerprint density at radius 2 is 2.28 bits per heavy atom. The fourth-order valence-corrected chi connectivity index (χ4v) is 2.77. The van der Waals surface area contributed by atoms with E-state index in [4.69, 9.17) is 0 Å². The van der Waals surface area contributed by atoms with E-state index in [0.29, 0.717) is 6.04 Å². The summed E-state index contributed by atoms with van der Waals surface area (Å²) < 4.78 is 1.94. The van der Waals surface area contributed by atoms with E-state index in [1.807, 2.05) is 17.9 Å². The first-order chi connectivity index (χ1) is 8.58. The molecule has 4 nitrogen and oxygen atoms in total. The quantitative estimate of drug-likeness (QED) is 0.880. The van der Waals surface area contributed by atoms with Crippen molar-refractivity contribution in [1.29, 1.82) is 0 Å². The summed E-state index contributed by atoms with van der Waals surface area (Å²) in [5.41, 5.74) is 2.57.